The fraction of sp³-hybridized carbons (Fsp3) is 0.318. The van der Waals surface area contributed by atoms with Crippen LogP contribution in [0.4, 0.5) is 0 Å². The highest BCUT2D eigenvalue weighted by atomic mass is 35.5. The van der Waals surface area contributed by atoms with Gasteiger partial charge in [0, 0.05) is 15.6 Å². The molecule has 0 spiro atoms. The van der Waals surface area contributed by atoms with Gasteiger partial charge in [0.15, 0.2) is 0 Å². The molecule has 3 nitrogen and oxygen atoms in total. The molecule has 3 aromatic rings. The number of hydrogen-bond donors (Lipinski definition) is 1. The zero-order valence-electron chi connectivity index (χ0n) is 16.1. The largest absolute Gasteiger partial charge is 0.317 e. The van der Waals surface area contributed by atoms with Gasteiger partial charge in [0.05, 0.1) is 22.1 Å². The third kappa shape index (κ3) is 5.09. The van der Waals surface area contributed by atoms with Gasteiger partial charge in [-0.3, -0.25) is 0 Å². The number of nitrogens with one attached hydrogen (secondary N) is 1. The van der Waals surface area contributed by atoms with Crippen LogP contribution in [0.2, 0.25) is 15.1 Å². The molecule has 28 heavy (non-hydrogen) atoms. The maximum atomic E-state index is 6.34. The fourth-order valence-electron chi connectivity index (χ4n) is 3.18. The van der Waals surface area contributed by atoms with Gasteiger partial charge < -0.3 is 5.32 Å². The number of piperidine rings is 1. The molecule has 0 saturated carbocycles. The van der Waals surface area contributed by atoms with E-state index in [2.05, 4.69) is 10.4 Å². The van der Waals surface area contributed by atoms with E-state index >= 15 is 0 Å². The predicted octanol–water partition coefficient (Wildman–Crippen LogP) is 6.88. The van der Waals surface area contributed by atoms with Crippen LogP contribution < -0.4 is 5.32 Å². The average Bonchev–Trinajstić information content (AvgIpc) is 2.99. The van der Waals surface area contributed by atoms with Crippen molar-refractivity contribution in [1.82, 2.24) is 15.1 Å². The lowest BCUT2D eigenvalue weighted by molar-refractivity contribution is 0.520. The van der Waals surface area contributed by atoms with Crippen molar-refractivity contribution in [3.63, 3.8) is 0 Å². The lowest BCUT2D eigenvalue weighted by Gasteiger charge is -2.11. The molecule has 0 amide bonds. The minimum absolute atomic E-state index is 0.560. The first kappa shape index (κ1) is 21.2. The first-order chi connectivity index (χ1) is 13.5. The molecule has 0 aliphatic carbocycles. The highest BCUT2D eigenvalue weighted by Gasteiger charge is 2.17. The maximum absolute atomic E-state index is 6.34. The molecule has 1 aliphatic heterocycles. The van der Waals surface area contributed by atoms with Crippen LogP contribution in [0.3, 0.4) is 0 Å². The van der Waals surface area contributed by atoms with Crippen LogP contribution in [0.25, 0.3) is 16.9 Å². The van der Waals surface area contributed by atoms with E-state index < -0.39 is 0 Å². The molecule has 1 aromatic heterocycles. The molecule has 1 fully saturated rings. The second-order valence-electron chi connectivity index (χ2n) is 6.88. The highest BCUT2D eigenvalue weighted by molar-refractivity contribution is 6.35. The molecule has 1 saturated heterocycles. The number of aromatic nitrogens is 2. The van der Waals surface area contributed by atoms with E-state index in [-0.39, 0.29) is 0 Å². The number of aryl methyl sites for hydroxylation is 1. The Morgan fingerprint density at radius 1 is 0.857 bits per heavy atom. The second-order valence-corrected chi connectivity index (χ2v) is 8.16. The molecule has 2 heterocycles. The number of rotatable bonds is 2. The van der Waals surface area contributed by atoms with Gasteiger partial charge in [-0.2, -0.15) is 5.10 Å². The van der Waals surface area contributed by atoms with Crippen LogP contribution in [0.5, 0.6) is 0 Å². The van der Waals surface area contributed by atoms with Crippen molar-refractivity contribution in [3.8, 4) is 16.9 Å². The van der Waals surface area contributed by atoms with Crippen LogP contribution >= 0.6 is 34.8 Å². The molecule has 0 atom stereocenters. The van der Waals surface area contributed by atoms with E-state index in [0.717, 1.165) is 28.2 Å². The Kier molecular flexibility index (Phi) is 7.42. The van der Waals surface area contributed by atoms with E-state index in [1.807, 2.05) is 48.9 Å². The van der Waals surface area contributed by atoms with Crippen molar-refractivity contribution < 1.29 is 0 Å². The number of benzene rings is 2. The summed E-state index contributed by atoms with van der Waals surface area (Å²) in [7, 11) is 0. The Bertz CT molecular complexity index is 917. The smallest absolute Gasteiger partial charge is 0.0840 e. The normalized spacial score (nSPS) is 13.8. The van der Waals surface area contributed by atoms with Crippen molar-refractivity contribution in [2.24, 2.45) is 0 Å². The van der Waals surface area contributed by atoms with Crippen LogP contribution in [0, 0.1) is 13.8 Å². The zero-order valence-corrected chi connectivity index (χ0v) is 18.4. The Morgan fingerprint density at radius 3 is 2.04 bits per heavy atom. The van der Waals surface area contributed by atoms with Crippen LogP contribution in [0.15, 0.2) is 42.5 Å². The standard InChI is InChI=1S/C17H13Cl3N2.C5H11N/c1-10-11(2)21-22(16-8-7-14(19)9-15(16)20)17(10)12-3-5-13(18)6-4-12;1-2-4-6-5-3-1/h3-9H,1-2H3;6H,1-5H2. The molecular formula is C22H24Cl3N3. The SMILES string of the molecule is C1CCNCC1.Cc1nn(-c2ccc(Cl)cc2Cl)c(-c2ccc(Cl)cc2)c1C. The quantitative estimate of drug-likeness (QED) is 0.474. The van der Waals surface area contributed by atoms with Gasteiger partial charge in [-0.05, 0) is 75.7 Å². The molecule has 6 heteroatoms. The maximum Gasteiger partial charge on any atom is 0.0840 e. The summed E-state index contributed by atoms with van der Waals surface area (Å²) in [6, 6.07) is 13.1. The summed E-state index contributed by atoms with van der Waals surface area (Å²) >= 11 is 18.3. The summed E-state index contributed by atoms with van der Waals surface area (Å²) in [5.74, 6) is 0. The number of hydrogen-bond acceptors (Lipinski definition) is 2. The molecule has 2 aromatic carbocycles. The second kappa shape index (κ2) is 9.80. The molecule has 148 valence electrons. The van der Waals surface area contributed by atoms with E-state index in [1.165, 1.54) is 32.4 Å². The summed E-state index contributed by atoms with van der Waals surface area (Å²) in [5, 5.41) is 9.77. The first-order valence-electron chi connectivity index (χ1n) is 9.45. The van der Waals surface area contributed by atoms with Gasteiger partial charge in [0.2, 0.25) is 0 Å². The third-order valence-electron chi connectivity index (χ3n) is 4.82. The van der Waals surface area contributed by atoms with Gasteiger partial charge in [0.25, 0.3) is 0 Å². The Morgan fingerprint density at radius 2 is 1.50 bits per heavy atom. The highest BCUT2D eigenvalue weighted by Crippen LogP contribution is 2.32. The van der Waals surface area contributed by atoms with E-state index in [9.17, 15) is 0 Å². The van der Waals surface area contributed by atoms with E-state index in [4.69, 9.17) is 34.8 Å². The lowest BCUT2D eigenvalue weighted by atomic mass is 10.1. The molecule has 4 rings (SSSR count). The van der Waals surface area contributed by atoms with Crippen molar-refractivity contribution in [2.45, 2.75) is 33.1 Å². The fourth-order valence-corrected chi connectivity index (χ4v) is 3.80. The lowest BCUT2D eigenvalue weighted by Crippen LogP contribution is -2.21. The Balaban J connectivity index is 0.000000320. The van der Waals surface area contributed by atoms with Gasteiger partial charge in [-0.1, -0.05) is 53.4 Å². The van der Waals surface area contributed by atoms with Crippen molar-refractivity contribution in [3.05, 3.63) is 68.8 Å². The monoisotopic (exact) mass is 435 g/mol. The van der Waals surface area contributed by atoms with Crippen molar-refractivity contribution >= 4 is 34.8 Å². The summed E-state index contributed by atoms with van der Waals surface area (Å²) in [6.07, 6.45) is 4.22. The predicted molar refractivity (Wildman–Crippen MR) is 120 cm³/mol. The average molecular weight is 437 g/mol. The number of nitrogens with zero attached hydrogens (tertiary/aromatic N) is 2. The molecule has 0 unspecified atom stereocenters. The molecular weight excluding hydrogens is 413 g/mol. The first-order valence-corrected chi connectivity index (χ1v) is 10.6. The van der Waals surface area contributed by atoms with E-state index in [1.54, 1.807) is 12.1 Å². The molecule has 1 aliphatic rings. The third-order valence-corrected chi connectivity index (χ3v) is 5.61. The van der Waals surface area contributed by atoms with Crippen molar-refractivity contribution in [2.75, 3.05) is 13.1 Å². The summed E-state index contributed by atoms with van der Waals surface area (Å²) < 4.78 is 1.85. The minimum atomic E-state index is 0.560. The van der Waals surface area contributed by atoms with Crippen LogP contribution in [-0.2, 0) is 0 Å². The summed E-state index contributed by atoms with van der Waals surface area (Å²) in [4.78, 5) is 0. The minimum Gasteiger partial charge on any atom is -0.317 e. The Labute approximate surface area is 181 Å². The molecule has 1 N–H and O–H groups in total. The molecule has 0 radical (unpaired) electrons. The zero-order chi connectivity index (χ0) is 20.1. The van der Waals surface area contributed by atoms with Gasteiger partial charge in [0.1, 0.15) is 0 Å². The van der Waals surface area contributed by atoms with Crippen LogP contribution in [-0.4, -0.2) is 22.9 Å². The van der Waals surface area contributed by atoms with Gasteiger partial charge >= 0.3 is 0 Å². The topological polar surface area (TPSA) is 29.9 Å². The molecule has 0 bridgehead atoms. The number of halogens is 3. The van der Waals surface area contributed by atoms with Crippen molar-refractivity contribution in [1.29, 1.82) is 0 Å². The van der Waals surface area contributed by atoms with Gasteiger partial charge in [-0.25, -0.2) is 4.68 Å². The summed E-state index contributed by atoms with van der Waals surface area (Å²) in [5.41, 5.74) is 4.89. The summed E-state index contributed by atoms with van der Waals surface area (Å²) in [6.45, 7) is 6.53. The Hall–Kier alpha value is -1.52. The van der Waals surface area contributed by atoms with Gasteiger partial charge in [-0.15, -0.1) is 0 Å². The van der Waals surface area contributed by atoms with Crippen LogP contribution in [0.1, 0.15) is 30.5 Å². The van der Waals surface area contributed by atoms with E-state index in [0.29, 0.717) is 15.1 Å².